The topological polar surface area (TPSA) is 69.9 Å². The van der Waals surface area contributed by atoms with Crippen molar-refractivity contribution in [3.05, 3.63) is 28.2 Å². The van der Waals surface area contributed by atoms with Crippen molar-refractivity contribution < 1.29 is 9.59 Å². The van der Waals surface area contributed by atoms with Crippen molar-refractivity contribution in [1.82, 2.24) is 9.80 Å². The van der Waals surface area contributed by atoms with Gasteiger partial charge in [-0.15, -0.1) is 0 Å². The SMILES string of the molecule is NC(=O)N1CCCC1C(=O)N1CCN(c2ccc(Cl)c(Cl)c2)CC1. The number of benzene rings is 1. The van der Waals surface area contributed by atoms with Crippen LogP contribution in [-0.4, -0.2) is 60.5 Å². The van der Waals surface area contributed by atoms with Gasteiger partial charge >= 0.3 is 6.03 Å². The second-order valence-corrected chi connectivity index (χ2v) is 6.91. The number of amides is 3. The molecule has 1 aromatic rings. The first-order valence-electron chi connectivity index (χ1n) is 8.02. The van der Waals surface area contributed by atoms with Gasteiger partial charge in [0, 0.05) is 38.4 Å². The van der Waals surface area contributed by atoms with Gasteiger partial charge in [-0.1, -0.05) is 23.2 Å². The Bertz CT molecular complexity index is 647. The van der Waals surface area contributed by atoms with Crippen molar-refractivity contribution in [3.63, 3.8) is 0 Å². The van der Waals surface area contributed by atoms with E-state index >= 15 is 0 Å². The Morgan fingerprint density at radius 2 is 1.75 bits per heavy atom. The molecule has 0 bridgehead atoms. The van der Waals surface area contributed by atoms with E-state index in [1.807, 2.05) is 17.0 Å². The molecule has 1 aromatic carbocycles. The third-order valence-corrected chi connectivity index (χ3v) is 5.42. The summed E-state index contributed by atoms with van der Waals surface area (Å²) < 4.78 is 0. The zero-order valence-corrected chi connectivity index (χ0v) is 14.8. The molecule has 2 saturated heterocycles. The first-order valence-corrected chi connectivity index (χ1v) is 8.78. The van der Waals surface area contributed by atoms with Crippen molar-refractivity contribution in [1.29, 1.82) is 0 Å². The lowest BCUT2D eigenvalue weighted by atomic mass is 10.1. The van der Waals surface area contributed by atoms with Crippen molar-refractivity contribution in [2.75, 3.05) is 37.6 Å². The largest absolute Gasteiger partial charge is 0.368 e. The minimum Gasteiger partial charge on any atom is -0.368 e. The maximum atomic E-state index is 12.7. The van der Waals surface area contributed by atoms with E-state index in [1.54, 1.807) is 6.07 Å². The van der Waals surface area contributed by atoms with Crippen LogP contribution in [0.1, 0.15) is 12.8 Å². The average molecular weight is 371 g/mol. The molecule has 2 N–H and O–H groups in total. The number of carbonyl (C=O) groups excluding carboxylic acids is 2. The van der Waals surface area contributed by atoms with E-state index in [-0.39, 0.29) is 5.91 Å². The highest BCUT2D eigenvalue weighted by Crippen LogP contribution is 2.28. The van der Waals surface area contributed by atoms with Crippen LogP contribution >= 0.6 is 23.2 Å². The third-order valence-electron chi connectivity index (χ3n) is 4.68. The lowest BCUT2D eigenvalue weighted by Gasteiger charge is -2.38. The average Bonchev–Trinajstić information content (AvgIpc) is 3.07. The summed E-state index contributed by atoms with van der Waals surface area (Å²) >= 11 is 12.0. The van der Waals surface area contributed by atoms with E-state index < -0.39 is 12.1 Å². The summed E-state index contributed by atoms with van der Waals surface area (Å²) in [5, 5.41) is 1.05. The second kappa shape index (κ2) is 7.07. The highest BCUT2D eigenvalue weighted by Gasteiger charge is 2.36. The Kier molecular flexibility index (Phi) is 5.06. The van der Waals surface area contributed by atoms with Gasteiger partial charge in [-0.25, -0.2) is 4.79 Å². The van der Waals surface area contributed by atoms with E-state index in [9.17, 15) is 9.59 Å². The summed E-state index contributed by atoms with van der Waals surface area (Å²) in [7, 11) is 0. The number of halogens is 2. The molecule has 8 heteroatoms. The molecular formula is C16H20Cl2N4O2. The van der Waals surface area contributed by atoms with Crippen molar-refractivity contribution in [2.45, 2.75) is 18.9 Å². The number of carbonyl (C=O) groups is 2. The molecule has 2 fully saturated rings. The van der Waals surface area contributed by atoms with Crippen LogP contribution in [0.5, 0.6) is 0 Å². The van der Waals surface area contributed by atoms with Gasteiger partial charge < -0.3 is 20.4 Å². The third kappa shape index (κ3) is 3.39. The van der Waals surface area contributed by atoms with Gasteiger partial charge in [0.2, 0.25) is 5.91 Å². The van der Waals surface area contributed by atoms with E-state index in [1.165, 1.54) is 4.90 Å². The number of urea groups is 1. The fraction of sp³-hybridized carbons (Fsp3) is 0.500. The molecule has 6 nitrogen and oxygen atoms in total. The van der Waals surface area contributed by atoms with Crippen LogP contribution in [-0.2, 0) is 4.79 Å². The molecule has 0 saturated carbocycles. The number of nitrogens with zero attached hydrogens (tertiary/aromatic N) is 3. The van der Waals surface area contributed by atoms with Crippen molar-refractivity contribution >= 4 is 40.8 Å². The Labute approximate surface area is 151 Å². The quantitative estimate of drug-likeness (QED) is 0.867. The molecule has 2 aliphatic rings. The number of piperazine rings is 1. The van der Waals surface area contributed by atoms with Crippen LogP contribution in [0.15, 0.2) is 18.2 Å². The lowest BCUT2D eigenvalue weighted by Crippen LogP contribution is -2.55. The lowest BCUT2D eigenvalue weighted by molar-refractivity contribution is -0.135. The highest BCUT2D eigenvalue weighted by atomic mass is 35.5. The molecule has 130 valence electrons. The van der Waals surface area contributed by atoms with E-state index in [2.05, 4.69) is 4.90 Å². The highest BCUT2D eigenvalue weighted by molar-refractivity contribution is 6.42. The first kappa shape index (κ1) is 17.2. The number of hydrogen-bond donors (Lipinski definition) is 1. The van der Waals surface area contributed by atoms with Gasteiger partial charge in [0.1, 0.15) is 6.04 Å². The maximum absolute atomic E-state index is 12.7. The number of nitrogens with two attached hydrogens (primary N) is 1. The minimum atomic E-state index is -0.514. The molecule has 0 radical (unpaired) electrons. The fourth-order valence-corrected chi connectivity index (χ4v) is 3.66. The van der Waals surface area contributed by atoms with E-state index in [0.717, 1.165) is 12.1 Å². The standard InChI is InChI=1S/C16H20Cl2N4O2/c17-12-4-3-11(10-13(12)18)20-6-8-21(9-7-20)15(23)14-2-1-5-22(14)16(19)24/h3-4,10,14H,1-2,5-9H2,(H2,19,24). The summed E-state index contributed by atoms with van der Waals surface area (Å²) in [6, 6.07) is 4.63. The van der Waals surface area contributed by atoms with Gasteiger partial charge in [-0.3, -0.25) is 4.79 Å². The maximum Gasteiger partial charge on any atom is 0.315 e. The monoisotopic (exact) mass is 370 g/mol. The number of hydrogen-bond acceptors (Lipinski definition) is 3. The van der Waals surface area contributed by atoms with Crippen LogP contribution in [0.3, 0.4) is 0 Å². The number of likely N-dealkylation sites (tertiary alicyclic amines) is 1. The molecule has 0 spiro atoms. The Hall–Kier alpha value is -1.66. The zero-order valence-electron chi connectivity index (χ0n) is 13.3. The second-order valence-electron chi connectivity index (χ2n) is 6.10. The molecule has 1 unspecified atom stereocenters. The van der Waals surface area contributed by atoms with Gasteiger partial charge in [0.15, 0.2) is 0 Å². The van der Waals surface area contributed by atoms with Gasteiger partial charge in [-0.2, -0.15) is 0 Å². The predicted octanol–water partition coefficient (Wildman–Crippen LogP) is 2.19. The minimum absolute atomic E-state index is 0.0000820. The summed E-state index contributed by atoms with van der Waals surface area (Å²) in [6.45, 7) is 3.22. The molecule has 1 atom stereocenters. The predicted molar refractivity (Wildman–Crippen MR) is 94.6 cm³/mol. The van der Waals surface area contributed by atoms with E-state index in [0.29, 0.717) is 49.2 Å². The molecular weight excluding hydrogens is 351 g/mol. The zero-order chi connectivity index (χ0) is 17.3. The number of primary amides is 1. The molecule has 0 aliphatic carbocycles. The number of anilines is 1. The summed E-state index contributed by atoms with van der Waals surface area (Å²) in [4.78, 5) is 29.6. The first-order chi connectivity index (χ1) is 11.5. The summed E-state index contributed by atoms with van der Waals surface area (Å²) in [5.74, 6) is 0.0000820. The van der Waals surface area contributed by atoms with E-state index in [4.69, 9.17) is 28.9 Å². The molecule has 0 aromatic heterocycles. The van der Waals surface area contributed by atoms with Crippen LogP contribution in [0.2, 0.25) is 10.0 Å². The molecule has 3 rings (SSSR count). The number of rotatable bonds is 2. The van der Waals surface area contributed by atoms with Gasteiger partial charge in [-0.05, 0) is 31.0 Å². The fourth-order valence-electron chi connectivity index (χ4n) is 3.36. The molecule has 3 amide bonds. The smallest absolute Gasteiger partial charge is 0.315 e. The molecule has 2 aliphatic heterocycles. The van der Waals surface area contributed by atoms with Crippen LogP contribution < -0.4 is 10.6 Å². The molecule has 2 heterocycles. The van der Waals surface area contributed by atoms with Crippen molar-refractivity contribution in [2.24, 2.45) is 5.73 Å². The van der Waals surface area contributed by atoms with Gasteiger partial charge in [0.05, 0.1) is 10.0 Å². The summed E-state index contributed by atoms with van der Waals surface area (Å²) in [5.41, 5.74) is 6.36. The van der Waals surface area contributed by atoms with Crippen LogP contribution in [0.25, 0.3) is 0 Å². The van der Waals surface area contributed by atoms with Crippen LogP contribution in [0.4, 0.5) is 10.5 Å². The normalized spacial score (nSPS) is 21.2. The Morgan fingerprint density at radius 3 is 2.38 bits per heavy atom. The Morgan fingerprint density at radius 1 is 1.04 bits per heavy atom. The van der Waals surface area contributed by atoms with Gasteiger partial charge in [0.25, 0.3) is 0 Å². The Balaban J connectivity index is 1.61. The van der Waals surface area contributed by atoms with Crippen molar-refractivity contribution in [3.8, 4) is 0 Å². The van der Waals surface area contributed by atoms with Crippen LogP contribution in [0, 0.1) is 0 Å². The summed E-state index contributed by atoms with van der Waals surface area (Å²) in [6.07, 6.45) is 1.51. The molecule has 24 heavy (non-hydrogen) atoms.